The van der Waals surface area contributed by atoms with Crippen LogP contribution in [0.15, 0.2) is 66.0 Å². The zero-order chi connectivity index (χ0) is 27.8. The van der Waals surface area contributed by atoms with Gasteiger partial charge in [0.25, 0.3) is 5.91 Å². The number of ether oxygens (including phenoxy) is 2. The average molecular weight is 586 g/mol. The summed E-state index contributed by atoms with van der Waals surface area (Å²) in [4.78, 5) is 19.5. The molecule has 4 rings (SSSR count). The largest absolute Gasteiger partial charge is 0.493 e. The average Bonchev–Trinajstić information content (AvgIpc) is 3.45. The lowest BCUT2D eigenvalue weighted by molar-refractivity contribution is 0.0953. The molecule has 0 spiro atoms. The minimum atomic E-state index is -0.112. The van der Waals surface area contributed by atoms with Gasteiger partial charge in [-0.15, -0.1) is 11.3 Å². The van der Waals surface area contributed by atoms with E-state index in [2.05, 4.69) is 10.2 Å². The number of amides is 1. The summed E-state index contributed by atoms with van der Waals surface area (Å²) >= 11 is 13.9. The molecule has 7 nitrogen and oxygen atoms in total. The lowest BCUT2D eigenvalue weighted by Gasteiger charge is -2.24. The molecule has 0 saturated heterocycles. The van der Waals surface area contributed by atoms with Crippen molar-refractivity contribution < 1.29 is 14.3 Å². The second-order valence-corrected chi connectivity index (χ2v) is 10.4. The van der Waals surface area contributed by atoms with Crippen LogP contribution in [0.25, 0.3) is 11.3 Å². The minimum absolute atomic E-state index is 0.112. The quantitative estimate of drug-likeness (QED) is 0.187. The summed E-state index contributed by atoms with van der Waals surface area (Å²) < 4.78 is 11.2. The Bertz CT molecular complexity index is 1410. The van der Waals surface area contributed by atoms with Crippen LogP contribution in [-0.2, 0) is 13.1 Å². The molecule has 0 atom stereocenters. The van der Waals surface area contributed by atoms with Crippen molar-refractivity contribution in [1.29, 1.82) is 0 Å². The van der Waals surface area contributed by atoms with E-state index in [0.717, 1.165) is 33.9 Å². The first-order chi connectivity index (χ1) is 18.9. The van der Waals surface area contributed by atoms with Crippen LogP contribution in [-0.4, -0.2) is 38.2 Å². The molecular formula is C29H30Cl2N4O3S. The molecular weight excluding hydrogens is 555 g/mol. The van der Waals surface area contributed by atoms with Gasteiger partial charge < -0.3 is 25.4 Å². The molecule has 204 valence electrons. The number of methoxy groups -OCH3 is 2. The third kappa shape index (κ3) is 7.22. The number of nitrogens with one attached hydrogen (secondary N) is 1. The van der Waals surface area contributed by atoms with Crippen molar-refractivity contribution in [3.63, 3.8) is 0 Å². The van der Waals surface area contributed by atoms with Crippen LogP contribution in [0.1, 0.15) is 27.9 Å². The smallest absolute Gasteiger partial charge is 0.251 e. The van der Waals surface area contributed by atoms with Crippen molar-refractivity contribution in [2.75, 3.05) is 32.2 Å². The van der Waals surface area contributed by atoms with Crippen LogP contribution in [0.2, 0.25) is 10.0 Å². The van der Waals surface area contributed by atoms with Crippen molar-refractivity contribution in [1.82, 2.24) is 10.3 Å². The molecule has 4 aromatic rings. The number of carbonyl (C=O) groups excluding carboxylic acids is 1. The fraction of sp³-hybridized carbons (Fsp3) is 0.241. The van der Waals surface area contributed by atoms with E-state index in [1.54, 1.807) is 20.3 Å². The number of thiazole rings is 1. The highest BCUT2D eigenvalue weighted by Gasteiger charge is 2.18. The topological polar surface area (TPSA) is 89.7 Å². The number of nitrogens with two attached hydrogens (primary N) is 1. The second-order valence-electron chi connectivity index (χ2n) is 8.75. The van der Waals surface area contributed by atoms with E-state index >= 15 is 0 Å². The molecule has 3 N–H and O–H groups in total. The van der Waals surface area contributed by atoms with E-state index < -0.39 is 0 Å². The van der Waals surface area contributed by atoms with Crippen molar-refractivity contribution in [2.45, 2.75) is 19.5 Å². The maximum Gasteiger partial charge on any atom is 0.251 e. The van der Waals surface area contributed by atoms with Crippen LogP contribution in [0.4, 0.5) is 5.13 Å². The normalized spacial score (nSPS) is 10.8. The number of anilines is 1. The Balaban J connectivity index is 1.62. The second kappa shape index (κ2) is 13.7. The molecule has 1 aromatic heterocycles. The van der Waals surface area contributed by atoms with Gasteiger partial charge in [-0.3, -0.25) is 4.79 Å². The van der Waals surface area contributed by atoms with Gasteiger partial charge in [0.15, 0.2) is 16.6 Å². The van der Waals surface area contributed by atoms with Crippen LogP contribution in [0.5, 0.6) is 11.5 Å². The van der Waals surface area contributed by atoms with Gasteiger partial charge in [-0.25, -0.2) is 4.98 Å². The minimum Gasteiger partial charge on any atom is -0.493 e. The van der Waals surface area contributed by atoms with Crippen molar-refractivity contribution in [3.05, 3.63) is 92.8 Å². The third-order valence-electron chi connectivity index (χ3n) is 6.08. The number of aromatic nitrogens is 1. The summed E-state index contributed by atoms with van der Waals surface area (Å²) in [5.74, 6) is 1.23. The van der Waals surface area contributed by atoms with E-state index in [1.807, 2.05) is 60.0 Å². The summed E-state index contributed by atoms with van der Waals surface area (Å²) in [6.45, 7) is 2.18. The van der Waals surface area contributed by atoms with E-state index in [9.17, 15) is 4.79 Å². The summed E-state index contributed by atoms with van der Waals surface area (Å²) in [6, 6.07) is 18.9. The monoisotopic (exact) mass is 584 g/mol. The van der Waals surface area contributed by atoms with Crippen molar-refractivity contribution in [3.8, 4) is 22.8 Å². The van der Waals surface area contributed by atoms with E-state index in [4.69, 9.17) is 43.4 Å². The fourth-order valence-corrected chi connectivity index (χ4v) is 5.19. The molecule has 0 bridgehead atoms. The predicted molar refractivity (Wildman–Crippen MR) is 159 cm³/mol. The molecule has 0 fully saturated rings. The van der Waals surface area contributed by atoms with Crippen LogP contribution in [0, 0.1) is 0 Å². The Labute approximate surface area is 242 Å². The fourth-order valence-electron chi connectivity index (χ4n) is 4.06. The Morgan fingerprint density at radius 3 is 2.51 bits per heavy atom. The molecule has 39 heavy (non-hydrogen) atoms. The Kier molecular flexibility index (Phi) is 10.1. The lowest BCUT2D eigenvalue weighted by Crippen LogP contribution is -2.26. The van der Waals surface area contributed by atoms with Crippen molar-refractivity contribution in [2.24, 2.45) is 5.73 Å². The van der Waals surface area contributed by atoms with Gasteiger partial charge in [0.05, 0.1) is 30.0 Å². The molecule has 0 radical (unpaired) electrons. The maximum atomic E-state index is 12.4. The number of hydrogen-bond acceptors (Lipinski definition) is 7. The van der Waals surface area contributed by atoms with Gasteiger partial charge in [0.1, 0.15) is 0 Å². The molecule has 0 aliphatic carbocycles. The number of para-hydroxylation sites is 1. The Morgan fingerprint density at radius 2 is 1.82 bits per heavy atom. The molecule has 1 amide bonds. The summed E-state index contributed by atoms with van der Waals surface area (Å²) in [5.41, 5.74) is 9.80. The molecule has 0 aliphatic rings. The van der Waals surface area contributed by atoms with Gasteiger partial charge in [-0.05, 0) is 48.9 Å². The highest BCUT2D eigenvalue weighted by Crippen LogP contribution is 2.36. The van der Waals surface area contributed by atoms with E-state index in [0.29, 0.717) is 53.3 Å². The maximum absolute atomic E-state index is 12.4. The van der Waals surface area contributed by atoms with Gasteiger partial charge in [0.2, 0.25) is 0 Å². The first-order valence-electron chi connectivity index (χ1n) is 12.4. The molecule has 0 saturated carbocycles. The predicted octanol–water partition coefficient (Wildman–Crippen LogP) is 6.42. The lowest BCUT2D eigenvalue weighted by atomic mass is 10.1. The number of rotatable bonds is 12. The number of benzene rings is 3. The van der Waals surface area contributed by atoms with Gasteiger partial charge >= 0.3 is 0 Å². The third-order valence-corrected chi connectivity index (χ3v) is 7.72. The Morgan fingerprint density at radius 1 is 1.03 bits per heavy atom. The first-order valence-corrected chi connectivity index (χ1v) is 14.0. The molecule has 1 heterocycles. The number of nitrogens with zero attached hydrogens (tertiary/aromatic N) is 2. The highest BCUT2D eigenvalue weighted by atomic mass is 35.5. The van der Waals surface area contributed by atoms with Crippen LogP contribution in [0.3, 0.4) is 0 Å². The molecule has 0 unspecified atom stereocenters. The van der Waals surface area contributed by atoms with Crippen molar-refractivity contribution >= 4 is 45.6 Å². The van der Waals surface area contributed by atoms with Gasteiger partial charge in [0, 0.05) is 41.7 Å². The number of carbonyl (C=O) groups is 1. The summed E-state index contributed by atoms with van der Waals surface area (Å²) in [7, 11) is 3.26. The molecule has 0 aliphatic heterocycles. The van der Waals surface area contributed by atoms with E-state index in [-0.39, 0.29) is 5.91 Å². The van der Waals surface area contributed by atoms with Crippen LogP contribution < -0.4 is 25.4 Å². The molecule has 3 aromatic carbocycles. The zero-order valence-electron chi connectivity index (χ0n) is 21.7. The van der Waals surface area contributed by atoms with E-state index in [1.165, 1.54) is 11.3 Å². The standard InChI is InChI=1S/C29H30Cl2N4O3S/c1-37-26-6-3-5-22(27(26)38-2)17-35(16-19-7-9-20(10-8-19)28(36)33-14-4-13-32)29-34-25(18-39-29)21-11-12-23(30)24(31)15-21/h3,5-12,15,18H,4,13-14,16-17,32H2,1-2H3,(H,33,36). The first kappa shape index (κ1) is 28.7. The number of hydrogen-bond donors (Lipinski definition) is 2. The summed E-state index contributed by atoms with van der Waals surface area (Å²) in [6.07, 6.45) is 0.741. The Hall–Kier alpha value is -3.30. The SMILES string of the molecule is COc1cccc(CN(Cc2ccc(C(=O)NCCCN)cc2)c2nc(-c3ccc(Cl)c(Cl)c3)cs2)c1OC. The molecule has 10 heteroatoms. The van der Waals surface area contributed by atoms with Gasteiger partial charge in [-0.1, -0.05) is 53.5 Å². The highest BCUT2D eigenvalue weighted by molar-refractivity contribution is 7.14. The summed E-state index contributed by atoms with van der Waals surface area (Å²) in [5, 5.41) is 6.69. The van der Waals surface area contributed by atoms with Crippen LogP contribution >= 0.6 is 34.5 Å². The van der Waals surface area contributed by atoms with Gasteiger partial charge in [-0.2, -0.15) is 0 Å². The number of halogens is 2. The zero-order valence-corrected chi connectivity index (χ0v) is 24.1.